The van der Waals surface area contributed by atoms with Crippen LogP contribution in [0.1, 0.15) is 12.8 Å². The van der Waals surface area contributed by atoms with Gasteiger partial charge < -0.3 is 0 Å². The highest BCUT2D eigenvalue weighted by Gasteiger charge is 2.35. The molecule has 0 radical (unpaired) electrons. The molecule has 19 heavy (non-hydrogen) atoms. The van der Waals surface area contributed by atoms with Crippen molar-refractivity contribution in [1.82, 2.24) is 10.2 Å². The standard InChI is InChI=1S/C12H17N2O3PS/c15-12(13-16)10-14-8-4-5-9-19-18(14,17)11-6-2-1-3-7-11/h1-3,6-7,16H,4-5,8-10H2,(H,13,15). The Bertz CT molecular complexity index is 483. The van der Waals surface area contributed by atoms with Gasteiger partial charge in [0.05, 0.1) is 6.54 Å². The highest BCUT2D eigenvalue weighted by molar-refractivity contribution is 8.59. The van der Waals surface area contributed by atoms with Gasteiger partial charge in [-0.2, -0.15) is 0 Å². The van der Waals surface area contributed by atoms with E-state index in [0.29, 0.717) is 6.54 Å². The predicted molar refractivity (Wildman–Crippen MR) is 76.9 cm³/mol. The summed E-state index contributed by atoms with van der Waals surface area (Å²) in [4.78, 5) is 11.4. The van der Waals surface area contributed by atoms with E-state index in [0.717, 1.165) is 23.9 Å². The molecule has 2 N–H and O–H groups in total. The Labute approximate surface area is 116 Å². The number of hydroxylamine groups is 1. The molecule has 1 fully saturated rings. The summed E-state index contributed by atoms with van der Waals surface area (Å²) in [6.07, 6.45) is 1.89. The quantitative estimate of drug-likeness (QED) is 0.506. The largest absolute Gasteiger partial charge is 0.289 e. The Morgan fingerprint density at radius 1 is 1.37 bits per heavy atom. The summed E-state index contributed by atoms with van der Waals surface area (Å²) in [7, 11) is 0. The van der Waals surface area contributed by atoms with E-state index in [1.54, 1.807) is 10.2 Å². The molecule has 1 aromatic carbocycles. The molecule has 1 saturated heterocycles. The van der Waals surface area contributed by atoms with Gasteiger partial charge in [0.15, 0.2) is 0 Å². The van der Waals surface area contributed by atoms with Crippen molar-refractivity contribution >= 4 is 29.1 Å². The fraction of sp³-hybridized carbons (Fsp3) is 0.417. The highest BCUT2D eigenvalue weighted by atomic mass is 32.7. The predicted octanol–water partition coefficient (Wildman–Crippen LogP) is 1.84. The van der Waals surface area contributed by atoms with Crippen LogP contribution in [0.15, 0.2) is 30.3 Å². The Morgan fingerprint density at radius 2 is 2.11 bits per heavy atom. The molecule has 0 spiro atoms. The van der Waals surface area contributed by atoms with Crippen molar-refractivity contribution in [1.29, 1.82) is 0 Å². The minimum Gasteiger partial charge on any atom is -0.289 e. The lowest BCUT2D eigenvalue weighted by atomic mass is 10.3. The number of amides is 1. The van der Waals surface area contributed by atoms with Crippen molar-refractivity contribution in [2.24, 2.45) is 0 Å². The van der Waals surface area contributed by atoms with Gasteiger partial charge in [-0.15, -0.1) is 0 Å². The van der Waals surface area contributed by atoms with Gasteiger partial charge in [0, 0.05) is 17.6 Å². The molecular weight excluding hydrogens is 283 g/mol. The first-order chi connectivity index (χ1) is 9.16. The van der Waals surface area contributed by atoms with E-state index in [1.807, 2.05) is 30.3 Å². The van der Waals surface area contributed by atoms with Gasteiger partial charge in [-0.1, -0.05) is 29.6 Å². The summed E-state index contributed by atoms with van der Waals surface area (Å²) in [5.41, 5.74) is 1.61. The van der Waals surface area contributed by atoms with Crippen molar-refractivity contribution in [2.75, 3.05) is 18.8 Å². The van der Waals surface area contributed by atoms with Crippen molar-refractivity contribution in [3.05, 3.63) is 30.3 Å². The summed E-state index contributed by atoms with van der Waals surface area (Å²) >= 11 is 1.42. The van der Waals surface area contributed by atoms with Crippen LogP contribution < -0.4 is 10.8 Å². The van der Waals surface area contributed by atoms with E-state index in [9.17, 15) is 9.36 Å². The number of benzene rings is 1. The normalized spacial score (nSPS) is 24.7. The van der Waals surface area contributed by atoms with Gasteiger partial charge in [-0.05, 0) is 25.0 Å². The number of hydrogen-bond donors (Lipinski definition) is 2. The number of hydrogen-bond acceptors (Lipinski definition) is 4. The summed E-state index contributed by atoms with van der Waals surface area (Å²) in [5, 5.41) is 9.41. The number of rotatable bonds is 3. The smallest absolute Gasteiger partial charge is 0.257 e. The third kappa shape index (κ3) is 3.39. The van der Waals surface area contributed by atoms with Crippen LogP contribution in [0.5, 0.6) is 0 Å². The maximum atomic E-state index is 13.3. The molecule has 104 valence electrons. The first kappa shape index (κ1) is 14.6. The second-order valence-electron chi connectivity index (χ2n) is 4.32. The molecule has 0 saturated carbocycles. The van der Waals surface area contributed by atoms with Crippen LogP contribution in [-0.4, -0.2) is 34.6 Å². The Kier molecular flexibility index (Phi) is 5.05. The zero-order valence-corrected chi connectivity index (χ0v) is 12.2. The average Bonchev–Trinajstić information content (AvgIpc) is 2.63. The second-order valence-corrected chi connectivity index (χ2v) is 9.37. The average molecular weight is 300 g/mol. The lowest BCUT2D eigenvalue weighted by Gasteiger charge is -2.28. The van der Waals surface area contributed by atoms with Crippen molar-refractivity contribution in [3.8, 4) is 0 Å². The molecular formula is C12H17N2O3PS. The molecule has 7 heteroatoms. The van der Waals surface area contributed by atoms with Crippen LogP contribution >= 0.6 is 17.9 Å². The Balaban J connectivity index is 2.31. The topological polar surface area (TPSA) is 69.6 Å². The first-order valence-electron chi connectivity index (χ1n) is 6.15. The maximum Gasteiger partial charge on any atom is 0.257 e. The van der Waals surface area contributed by atoms with Gasteiger partial charge in [0.2, 0.25) is 6.49 Å². The summed E-state index contributed by atoms with van der Waals surface area (Å²) in [6.45, 7) is -2.25. The third-order valence-corrected chi connectivity index (χ3v) is 8.76. The zero-order valence-electron chi connectivity index (χ0n) is 10.5. The fourth-order valence-corrected chi connectivity index (χ4v) is 7.36. The minimum absolute atomic E-state index is 0.0460. The van der Waals surface area contributed by atoms with Gasteiger partial charge >= 0.3 is 0 Å². The van der Waals surface area contributed by atoms with Crippen LogP contribution in [-0.2, 0) is 9.36 Å². The molecule has 1 amide bonds. The van der Waals surface area contributed by atoms with E-state index in [4.69, 9.17) is 5.21 Å². The Morgan fingerprint density at radius 3 is 2.79 bits per heavy atom. The fourth-order valence-electron chi connectivity index (χ4n) is 2.03. The zero-order chi connectivity index (χ0) is 13.7. The van der Waals surface area contributed by atoms with Crippen LogP contribution in [0.25, 0.3) is 0 Å². The molecule has 0 aromatic heterocycles. The summed E-state index contributed by atoms with van der Waals surface area (Å²) in [5.74, 6) is 0.294. The molecule has 2 rings (SSSR count). The van der Waals surface area contributed by atoms with Gasteiger partial charge in [-0.25, -0.2) is 10.2 Å². The maximum absolute atomic E-state index is 13.3. The molecule has 1 unspecified atom stereocenters. The lowest BCUT2D eigenvalue weighted by molar-refractivity contribution is -0.129. The van der Waals surface area contributed by atoms with Gasteiger partial charge in [0.1, 0.15) is 0 Å². The van der Waals surface area contributed by atoms with E-state index in [2.05, 4.69) is 0 Å². The number of nitrogens with zero attached hydrogens (tertiary/aromatic N) is 1. The number of carbonyl (C=O) groups excluding carboxylic acids is 1. The van der Waals surface area contributed by atoms with Crippen LogP contribution in [0.2, 0.25) is 0 Å². The van der Waals surface area contributed by atoms with Gasteiger partial charge in [0.25, 0.3) is 5.91 Å². The van der Waals surface area contributed by atoms with E-state index in [-0.39, 0.29) is 6.54 Å². The molecule has 5 nitrogen and oxygen atoms in total. The SMILES string of the molecule is O=C(CN1CCCCSP1(=O)c1ccccc1)NO. The molecule has 1 aliphatic heterocycles. The van der Waals surface area contributed by atoms with Crippen LogP contribution in [0.3, 0.4) is 0 Å². The van der Waals surface area contributed by atoms with E-state index < -0.39 is 12.4 Å². The van der Waals surface area contributed by atoms with Crippen LogP contribution in [0, 0.1) is 0 Å². The third-order valence-electron chi connectivity index (χ3n) is 2.98. The summed E-state index contributed by atoms with van der Waals surface area (Å²) in [6, 6.07) is 9.25. The number of carbonyl (C=O) groups is 1. The molecule has 1 heterocycles. The first-order valence-corrected chi connectivity index (χ1v) is 9.40. The Hall–Kier alpha value is -0.810. The van der Waals surface area contributed by atoms with Crippen LogP contribution in [0.4, 0.5) is 0 Å². The molecule has 1 atom stereocenters. The van der Waals surface area contributed by atoms with E-state index >= 15 is 0 Å². The van der Waals surface area contributed by atoms with Crippen molar-refractivity contribution < 1.29 is 14.6 Å². The molecule has 0 aliphatic carbocycles. The van der Waals surface area contributed by atoms with E-state index in [1.165, 1.54) is 11.4 Å². The minimum atomic E-state index is -2.81. The lowest BCUT2D eigenvalue weighted by Crippen LogP contribution is -2.35. The monoisotopic (exact) mass is 300 g/mol. The van der Waals surface area contributed by atoms with Crippen molar-refractivity contribution in [2.45, 2.75) is 12.8 Å². The molecule has 1 aliphatic rings. The van der Waals surface area contributed by atoms with Gasteiger partial charge in [-0.3, -0.25) is 14.6 Å². The second kappa shape index (κ2) is 6.57. The summed E-state index contributed by atoms with van der Waals surface area (Å²) < 4.78 is 15.0. The molecule has 1 aromatic rings. The number of nitrogens with one attached hydrogen (secondary N) is 1. The molecule has 0 bridgehead atoms. The highest BCUT2D eigenvalue weighted by Crippen LogP contribution is 2.61. The van der Waals surface area contributed by atoms with Crippen molar-refractivity contribution in [3.63, 3.8) is 0 Å².